The molecule has 8 nitrogen and oxygen atoms in total. The van der Waals surface area contributed by atoms with Crippen LogP contribution in [0.25, 0.3) is 11.0 Å². The summed E-state index contributed by atoms with van der Waals surface area (Å²) in [5.41, 5.74) is 2.51. The summed E-state index contributed by atoms with van der Waals surface area (Å²) in [5, 5.41) is 0. The van der Waals surface area contributed by atoms with Crippen LogP contribution in [0.2, 0.25) is 0 Å². The number of hydrogen-bond donors (Lipinski definition) is 1. The van der Waals surface area contributed by atoms with Crippen molar-refractivity contribution in [3.05, 3.63) is 84.4 Å². The Hall–Kier alpha value is -3.34. The molecule has 1 aromatic heterocycles. The van der Waals surface area contributed by atoms with Gasteiger partial charge in [-0.25, -0.2) is 8.42 Å². The van der Waals surface area contributed by atoms with E-state index in [1.807, 2.05) is 36.4 Å². The van der Waals surface area contributed by atoms with Crippen molar-refractivity contribution >= 4 is 44.4 Å². The number of benzene rings is 3. The van der Waals surface area contributed by atoms with Crippen LogP contribution < -0.4 is 9.62 Å². The number of carbonyl (C=O) groups is 1. The van der Waals surface area contributed by atoms with Crippen LogP contribution in [0.1, 0.15) is 11.6 Å². The summed E-state index contributed by atoms with van der Waals surface area (Å²) in [6.45, 7) is 2.36. The Morgan fingerprint density at radius 2 is 1.53 bits per heavy atom. The molecule has 1 atom stereocenters. The quantitative estimate of drug-likeness (QED) is 0.444. The predicted octanol–water partition coefficient (Wildman–Crippen LogP) is 3.06. The molecule has 10 heteroatoms. The average Bonchev–Trinajstić information content (AvgIpc) is 3.37. The molecule has 0 spiro atoms. The first-order valence-electron chi connectivity index (χ1n) is 10.9. The lowest BCUT2D eigenvalue weighted by Gasteiger charge is -2.37. The van der Waals surface area contributed by atoms with Gasteiger partial charge in [0, 0.05) is 31.9 Å². The maximum atomic E-state index is 13.6. The van der Waals surface area contributed by atoms with Gasteiger partial charge < -0.3 is 9.80 Å². The highest BCUT2D eigenvalue weighted by Gasteiger charge is 2.33. The predicted molar refractivity (Wildman–Crippen MR) is 132 cm³/mol. The minimum Gasteiger partial charge on any atom is -0.368 e. The third-order valence-electron chi connectivity index (χ3n) is 5.90. The number of anilines is 1. The first-order chi connectivity index (χ1) is 16.5. The van der Waals surface area contributed by atoms with Crippen LogP contribution in [0.15, 0.2) is 83.8 Å². The van der Waals surface area contributed by atoms with Gasteiger partial charge in [-0.15, -0.1) is 0 Å². The molecule has 1 fully saturated rings. The van der Waals surface area contributed by atoms with E-state index >= 15 is 0 Å². The van der Waals surface area contributed by atoms with Gasteiger partial charge in [0.15, 0.2) is 0 Å². The lowest BCUT2D eigenvalue weighted by molar-refractivity contribution is -0.133. The van der Waals surface area contributed by atoms with Gasteiger partial charge in [0.05, 0.1) is 11.7 Å². The van der Waals surface area contributed by atoms with Gasteiger partial charge in [0.1, 0.15) is 22.0 Å². The zero-order chi connectivity index (χ0) is 23.5. The summed E-state index contributed by atoms with van der Waals surface area (Å²) in [4.78, 5) is 17.6. The summed E-state index contributed by atoms with van der Waals surface area (Å²) < 4.78 is 37.7. The molecule has 2 heterocycles. The summed E-state index contributed by atoms with van der Waals surface area (Å²) >= 11 is 0.954. The van der Waals surface area contributed by atoms with Crippen molar-refractivity contribution in [3.8, 4) is 0 Å². The van der Waals surface area contributed by atoms with Gasteiger partial charge in [0.2, 0.25) is 15.9 Å². The number of sulfonamides is 1. The van der Waals surface area contributed by atoms with Crippen LogP contribution in [0.5, 0.6) is 0 Å². The number of carbonyl (C=O) groups excluding carboxylic acids is 1. The highest BCUT2D eigenvalue weighted by Crippen LogP contribution is 2.25. The Bertz CT molecular complexity index is 1390. The normalized spacial score (nSPS) is 15.4. The van der Waals surface area contributed by atoms with E-state index in [4.69, 9.17) is 0 Å². The maximum absolute atomic E-state index is 13.6. The van der Waals surface area contributed by atoms with Crippen molar-refractivity contribution in [2.24, 2.45) is 0 Å². The van der Waals surface area contributed by atoms with Crippen LogP contribution >= 0.6 is 11.7 Å². The molecular formula is C24H23N5O3S2. The maximum Gasteiger partial charge on any atom is 0.245 e. The number of para-hydroxylation sites is 1. The molecule has 3 aromatic carbocycles. The third kappa shape index (κ3) is 4.52. The van der Waals surface area contributed by atoms with E-state index in [2.05, 4.69) is 18.4 Å². The molecule has 0 unspecified atom stereocenters. The van der Waals surface area contributed by atoms with E-state index in [1.54, 1.807) is 41.3 Å². The molecular weight excluding hydrogens is 470 g/mol. The Kier molecular flexibility index (Phi) is 6.27. The first-order valence-corrected chi connectivity index (χ1v) is 13.1. The Balaban J connectivity index is 1.40. The van der Waals surface area contributed by atoms with Crippen LogP contribution in [0.4, 0.5) is 5.69 Å². The van der Waals surface area contributed by atoms with Gasteiger partial charge >= 0.3 is 0 Å². The Morgan fingerprint density at radius 1 is 0.853 bits per heavy atom. The monoisotopic (exact) mass is 493 g/mol. The minimum atomic E-state index is -4.05. The lowest BCUT2D eigenvalue weighted by Crippen LogP contribution is -2.52. The minimum absolute atomic E-state index is 0.0152. The number of piperazine rings is 1. The molecule has 0 saturated carbocycles. The number of nitrogens with one attached hydrogen (secondary N) is 1. The standard InChI is InChI=1S/C24H23N5O3S2/c30-24(29-16-14-28(15-17-29)19-10-5-2-6-11-19)22(18-8-3-1-4-9-18)27-34(31,32)21-13-7-12-20-23(21)26-33-25-20/h1-13,22,27H,14-17H2/t22-/m0/s1. The van der Waals surface area contributed by atoms with Gasteiger partial charge in [-0.1, -0.05) is 54.6 Å². The summed E-state index contributed by atoms with van der Waals surface area (Å²) in [5.74, 6) is -0.272. The van der Waals surface area contributed by atoms with Gasteiger partial charge in [-0.05, 0) is 29.8 Å². The van der Waals surface area contributed by atoms with E-state index in [0.717, 1.165) is 17.4 Å². The van der Waals surface area contributed by atoms with E-state index < -0.39 is 16.1 Å². The fourth-order valence-corrected chi connectivity index (χ4v) is 6.07. The molecule has 174 valence electrons. The van der Waals surface area contributed by atoms with E-state index in [9.17, 15) is 13.2 Å². The second-order valence-electron chi connectivity index (χ2n) is 8.00. The largest absolute Gasteiger partial charge is 0.368 e. The molecule has 34 heavy (non-hydrogen) atoms. The zero-order valence-electron chi connectivity index (χ0n) is 18.2. The highest BCUT2D eigenvalue weighted by molar-refractivity contribution is 7.89. The van der Waals surface area contributed by atoms with Crippen molar-refractivity contribution in [1.29, 1.82) is 0 Å². The average molecular weight is 494 g/mol. The molecule has 5 rings (SSSR count). The summed E-state index contributed by atoms with van der Waals surface area (Å²) in [7, 11) is -4.05. The second-order valence-corrected chi connectivity index (χ2v) is 10.2. The van der Waals surface area contributed by atoms with Crippen molar-refractivity contribution < 1.29 is 13.2 Å². The summed E-state index contributed by atoms with van der Waals surface area (Å²) in [6.07, 6.45) is 0. The number of fused-ring (bicyclic) bond motifs is 1. The smallest absolute Gasteiger partial charge is 0.245 e. The molecule has 1 N–H and O–H groups in total. The van der Waals surface area contributed by atoms with Crippen molar-refractivity contribution in [3.63, 3.8) is 0 Å². The highest BCUT2D eigenvalue weighted by atomic mass is 32.2. The van der Waals surface area contributed by atoms with Crippen molar-refractivity contribution in [1.82, 2.24) is 18.4 Å². The van der Waals surface area contributed by atoms with Gasteiger partial charge in [-0.3, -0.25) is 4.79 Å². The molecule has 0 bridgehead atoms. The zero-order valence-corrected chi connectivity index (χ0v) is 19.9. The topological polar surface area (TPSA) is 95.5 Å². The van der Waals surface area contributed by atoms with Crippen molar-refractivity contribution in [2.75, 3.05) is 31.1 Å². The Morgan fingerprint density at radius 3 is 2.24 bits per heavy atom. The van der Waals surface area contributed by atoms with E-state index in [-0.39, 0.29) is 10.8 Å². The van der Waals surface area contributed by atoms with Crippen LogP contribution in [-0.2, 0) is 14.8 Å². The van der Waals surface area contributed by atoms with Gasteiger partial charge in [0.25, 0.3) is 0 Å². The van der Waals surface area contributed by atoms with Crippen LogP contribution in [0.3, 0.4) is 0 Å². The SMILES string of the molecule is O=C([C@@H](NS(=O)(=O)c1cccc2nsnc12)c1ccccc1)N1CCN(c2ccccc2)CC1. The molecule has 1 aliphatic heterocycles. The number of nitrogens with zero attached hydrogens (tertiary/aromatic N) is 4. The first kappa shape index (κ1) is 22.5. The second kappa shape index (κ2) is 9.49. The fraction of sp³-hybridized carbons (Fsp3) is 0.208. The summed E-state index contributed by atoms with van der Waals surface area (Å²) in [6, 6.07) is 22.8. The molecule has 1 amide bonds. The third-order valence-corrected chi connectivity index (χ3v) is 7.90. The van der Waals surface area contributed by atoms with Crippen molar-refractivity contribution in [2.45, 2.75) is 10.9 Å². The number of hydrogen-bond acceptors (Lipinski definition) is 7. The number of aromatic nitrogens is 2. The molecule has 0 aliphatic carbocycles. The fourth-order valence-electron chi connectivity index (χ4n) is 4.13. The number of amides is 1. The lowest BCUT2D eigenvalue weighted by atomic mass is 10.1. The molecule has 1 aliphatic rings. The van der Waals surface area contributed by atoms with Crippen LogP contribution in [-0.4, -0.2) is 54.2 Å². The van der Waals surface area contributed by atoms with Gasteiger partial charge in [-0.2, -0.15) is 13.5 Å². The molecule has 0 radical (unpaired) electrons. The van der Waals surface area contributed by atoms with E-state index in [1.165, 1.54) is 6.07 Å². The Labute approximate surface area is 202 Å². The number of rotatable bonds is 6. The molecule has 4 aromatic rings. The molecule has 1 saturated heterocycles. The van der Waals surface area contributed by atoms with E-state index in [0.29, 0.717) is 42.8 Å². The van der Waals surface area contributed by atoms with Crippen LogP contribution in [0, 0.1) is 0 Å².